The van der Waals surface area contributed by atoms with Gasteiger partial charge in [-0.15, -0.1) is 0 Å². The van der Waals surface area contributed by atoms with Gasteiger partial charge in [-0.3, -0.25) is 14.9 Å². The number of nitro groups is 1. The first kappa shape index (κ1) is 26.8. The van der Waals surface area contributed by atoms with Crippen LogP contribution in [0.3, 0.4) is 0 Å². The molecule has 0 aliphatic rings. The summed E-state index contributed by atoms with van der Waals surface area (Å²) in [5, 5.41) is 21.9. The van der Waals surface area contributed by atoms with Gasteiger partial charge in [-0.2, -0.15) is 0 Å². The highest BCUT2D eigenvalue weighted by Gasteiger charge is 2.21. The van der Waals surface area contributed by atoms with E-state index in [2.05, 4.69) is 5.43 Å². The van der Waals surface area contributed by atoms with E-state index < -0.39 is 10.9 Å². The lowest BCUT2D eigenvalue weighted by atomic mass is 10.1. The highest BCUT2D eigenvalue weighted by molar-refractivity contribution is 6.07. The van der Waals surface area contributed by atoms with Gasteiger partial charge in [0.1, 0.15) is 17.3 Å². The number of aromatic carboxylic acids is 1. The van der Waals surface area contributed by atoms with E-state index in [-0.39, 0.29) is 35.9 Å². The molecule has 10 nitrogen and oxygen atoms in total. The van der Waals surface area contributed by atoms with E-state index in [4.69, 9.17) is 14.3 Å². The molecular formula is C25H27N3O7. The third kappa shape index (κ3) is 5.92. The average molecular weight is 482 g/mol. The van der Waals surface area contributed by atoms with Crippen LogP contribution in [0.4, 0.5) is 11.4 Å². The summed E-state index contributed by atoms with van der Waals surface area (Å²) in [7, 11) is 3.00. The molecule has 3 aromatic rings. The van der Waals surface area contributed by atoms with Crippen LogP contribution in [-0.4, -0.2) is 36.1 Å². The number of carboxylic acid groups (broad SMARTS) is 1. The maximum Gasteiger partial charge on any atom is 0.335 e. The zero-order chi connectivity index (χ0) is 24.8. The molecule has 1 heterocycles. The van der Waals surface area contributed by atoms with Gasteiger partial charge in [-0.1, -0.05) is 14.4 Å². The topological polar surface area (TPSA) is 135 Å². The number of furan rings is 1. The van der Waals surface area contributed by atoms with Gasteiger partial charge in [0.25, 0.3) is 11.6 Å². The van der Waals surface area contributed by atoms with E-state index in [1.54, 1.807) is 37.4 Å². The molecule has 1 aromatic heterocycles. The molecule has 0 spiro atoms. The summed E-state index contributed by atoms with van der Waals surface area (Å²) in [5.41, 5.74) is 3.90. The normalized spacial score (nSPS) is 10.9. The number of carbonyl (C=O) groups excluding carboxylic acids is 1. The lowest BCUT2D eigenvalue weighted by molar-refractivity contribution is -0.384. The minimum Gasteiger partial charge on any atom is -0.497 e. The SMILES string of the molecule is C.CC/C(=C/c1ccc(-c2ccc(OC)cc2[N+](=O)[O-])o1)C(=O)N(NC)c1ccc(C(=O)O)cc1. The van der Waals surface area contributed by atoms with Gasteiger partial charge < -0.3 is 14.3 Å². The van der Waals surface area contributed by atoms with Crippen LogP contribution in [0, 0.1) is 10.1 Å². The number of anilines is 1. The number of amides is 1. The number of ether oxygens (including phenoxy) is 1. The van der Waals surface area contributed by atoms with Gasteiger partial charge in [0.2, 0.25) is 0 Å². The average Bonchev–Trinajstić information content (AvgIpc) is 3.31. The molecule has 10 heteroatoms. The Morgan fingerprint density at radius 2 is 1.86 bits per heavy atom. The van der Waals surface area contributed by atoms with E-state index in [0.29, 0.717) is 29.2 Å². The Hall–Kier alpha value is -4.44. The second-order valence-electron chi connectivity index (χ2n) is 7.08. The van der Waals surface area contributed by atoms with Crippen molar-refractivity contribution in [3.8, 4) is 17.1 Å². The summed E-state index contributed by atoms with van der Waals surface area (Å²) in [5.74, 6) is -0.444. The Balaban J connectivity index is 0.00000432. The summed E-state index contributed by atoms with van der Waals surface area (Å²) < 4.78 is 10.9. The van der Waals surface area contributed by atoms with Crippen LogP contribution in [-0.2, 0) is 4.79 Å². The minimum absolute atomic E-state index is 0. The molecule has 2 aromatic carbocycles. The van der Waals surface area contributed by atoms with Gasteiger partial charge in [0.15, 0.2) is 0 Å². The van der Waals surface area contributed by atoms with E-state index in [1.807, 2.05) is 6.92 Å². The molecule has 0 fully saturated rings. The number of methoxy groups -OCH3 is 1. The Bertz CT molecular complexity index is 1250. The van der Waals surface area contributed by atoms with Crippen molar-refractivity contribution in [3.05, 3.63) is 81.6 Å². The lowest BCUT2D eigenvalue weighted by Gasteiger charge is -2.22. The first-order valence-electron chi connectivity index (χ1n) is 10.3. The summed E-state index contributed by atoms with van der Waals surface area (Å²) in [6.45, 7) is 1.81. The van der Waals surface area contributed by atoms with Crippen molar-refractivity contribution in [1.82, 2.24) is 5.43 Å². The first-order chi connectivity index (χ1) is 16.3. The number of hydrazine groups is 1. The van der Waals surface area contributed by atoms with E-state index in [0.717, 1.165) is 0 Å². The van der Waals surface area contributed by atoms with Crippen LogP contribution in [0.25, 0.3) is 17.4 Å². The summed E-state index contributed by atoms with van der Waals surface area (Å²) in [4.78, 5) is 35.2. The maximum atomic E-state index is 13.2. The fourth-order valence-corrected chi connectivity index (χ4v) is 3.30. The quantitative estimate of drug-likeness (QED) is 0.243. The number of nitrogens with zero attached hydrogens (tertiary/aromatic N) is 2. The summed E-state index contributed by atoms with van der Waals surface area (Å²) in [6.07, 6.45) is 1.94. The Labute approximate surface area is 202 Å². The van der Waals surface area contributed by atoms with Crippen molar-refractivity contribution < 1.29 is 28.8 Å². The molecule has 0 unspecified atom stereocenters. The molecule has 3 rings (SSSR count). The number of carbonyl (C=O) groups is 2. The van der Waals surface area contributed by atoms with Crippen LogP contribution in [0.15, 0.2) is 64.6 Å². The van der Waals surface area contributed by atoms with Crippen molar-refractivity contribution in [1.29, 1.82) is 0 Å². The van der Waals surface area contributed by atoms with Crippen molar-refractivity contribution in [3.63, 3.8) is 0 Å². The maximum absolute atomic E-state index is 13.2. The molecule has 0 saturated heterocycles. The van der Waals surface area contributed by atoms with Crippen molar-refractivity contribution in [2.45, 2.75) is 20.8 Å². The highest BCUT2D eigenvalue weighted by atomic mass is 16.6. The van der Waals surface area contributed by atoms with Gasteiger partial charge >= 0.3 is 5.97 Å². The van der Waals surface area contributed by atoms with E-state index >= 15 is 0 Å². The number of hydrogen-bond donors (Lipinski definition) is 2. The number of benzene rings is 2. The van der Waals surface area contributed by atoms with Crippen LogP contribution in [0.5, 0.6) is 5.75 Å². The van der Waals surface area contributed by atoms with Crippen LogP contribution >= 0.6 is 0 Å². The van der Waals surface area contributed by atoms with Gasteiger partial charge in [-0.25, -0.2) is 15.2 Å². The minimum atomic E-state index is -1.06. The number of nitro benzene ring substituents is 1. The van der Waals surface area contributed by atoms with Gasteiger partial charge in [0.05, 0.1) is 34.9 Å². The molecular weight excluding hydrogens is 454 g/mol. The van der Waals surface area contributed by atoms with Crippen LogP contribution in [0.2, 0.25) is 0 Å². The molecule has 0 aliphatic carbocycles. The molecule has 1 amide bonds. The molecule has 2 N–H and O–H groups in total. The Morgan fingerprint density at radius 1 is 1.17 bits per heavy atom. The van der Waals surface area contributed by atoms with Gasteiger partial charge in [0, 0.05) is 12.6 Å². The highest BCUT2D eigenvalue weighted by Crippen LogP contribution is 2.34. The standard InChI is InChI=1S/C24H23N3O7.CH4/c1-4-15(23(28)26(25-2)17-7-5-16(6-8-17)24(29)30)13-19-10-12-22(34-19)20-11-9-18(33-3)14-21(20)27(31)32;/h5-14,25H,4H2,1-3H3,(H,29,30);1H4/b15-13-;. The predicted molar refractivity (Wildman–Crippen MR) is 132 cm³/mol. The number of carboxylic acids is 1. The molecule has 0 atom stereocenters. The number of hydrogen-bond acceptors (Lipinski definition) is 7. The molecule has 0 radical (unpaired) electrons. The monoisotopic (exact) mass is 481 g/mol. The third-order valence-corrected chi connectivity index (χ3v) is 5.07. The van der Waals surface area contributed by atoms with Crippen molar-refractivity contribution in [2.75, 3.05) is 19.2 Å². The summed E-state index contributed by atoms with van der Waals surface area (Å²) in [6, 6.07) is 13.5. The van der Waals surface area contributed by atoms with Crippen LogP contribution < -0.4 is 15.2 Å². The molecule has 0 saturated carbocycles. The van der Waals surface area contributed by atoms with Gasteiger partial charge in [-0.05, 0) is 61.0 Å². The smallest absolute Gasteiger partial charge is 0.335 e. The first-order valence-corrected chi connectivity index (χ1v) is 10.3. The zero-order valence-corrected chi connectivity index (χ0v) is 18.8. The van der Waals surface area contributed by atoms with E-state index in [1.165, 1.54) is 42.5 Å². The second-order valence-corrected chi connectivity index (χ2v) is 7.08. The van der Waals surface area contributed by atoms with Crippen LogP contribution in [0.1, 0.15) is 36.9 Å². The van der Waals surface area contributed by atoms with Crippen molar-refractivity contribution >= 4 is 29.3 Å². The molecule has 0 bridgehead atoms. The molecule has 35 heavy (non-hydrogen) atoms. The zero-order valence-electron chi connectivity index (χ0n) is 18.8. The number of rotatable bonds is 9. The Kier molecular flexibility index (Phi) is 8.90. The number of nitrogens with one attached hydrogen (secondary N) is 1. The fraction of sp³-hybridized carbons (Fsp3) is 0.200. The second kappa shape index (κ2) is 11.6. The predicted octanol–water partition coefficient (Wildman–Crippen LogP) is 5.16. The fourth-order valence-electron chi connectivity index (χ4n) is 3.30. The lowest BCUT2D eigenvalue weighted by Crippen LogP contribution is -2.41. The third-order valence-electron chi connectivity index (χ3n) is 5.07. The summed E-state index contributed by atoms with van der Waals surface area (Å²) >= 11 is 0. The largest absolute Gasteiger partial charge is 0.497 e. The molecule has 184 valence electrons. The molecule has 0 aliphatic heterocycles. The Morgan fingerprint density at radius 3 is 2.40 bits per heavy atom. The van der Waals surface area contributed by atoms with E-state index in [9.17, 15) is 19.7 Å². The van der Waals surface area contributed by atoms with Crippen molar-refractivity contribution in [2.24, 2.45) is 0 Å².